The summed E-state index contributed by atoms with van der Waals surface area (Å²) in [5.41, 5.74) is 0.242. The lowest BCUT2D eigenvalue weighted by atomic mass is 10.2. The van der Waals surface area contributed by atoms with Crippen molar-refractivity contribution in [3.63, 3.8) is 0 Å². The van der Waals surface area contributed by atoms with E-state index in [0.717, 1.165) is 0 Å². The third-order valence-corrected chi connectivity index (χ3v) is 2.64. The zero-order chi connectivity index (χ0) is 12.3. The smallest absolute Gasteiger partial charge is 0.258 e. The first kappa shape index (κ1) is 12.0. The van der Waals surface area contributed by atoms with E-state index in [4.69, 9.17) is 9.47 Å². The van der Waals surface area contributed by atoms with Crippen molar-refractivity contribution >= 4 is 11.6 Å². The number of hydrogen-bond acceptors (Lipinski definition) is 3. The first-order valence-electron chi connectivity index (χ1n) is 5.41. The summed E-state index contributed by atoms with van der Waals surface area (Å²) >= 11 is 0. The van der Waals surface area contributed by atoms with Gasteiger partial charge in [-0.2, -0.15) is 0 Å². The molecule has 1 amide bonds. The van der Waals surface area contributed by atoms with Gasteiger partial charge in [0.15, 0.2) is 6.10 Å². The molecule has 17 heavy (non-hydrogen) atoms. The van der Waals surface area contributed by atoms with E-state index in [1.165, 1.54) is 18.0 Å². The van der Waals surface area contributed by atoms with Gasteiger partial charge < -0.3 is 14.4 Å². The number of para-hydroxylation sites is 1. The van der Waals surface area contributed by atoms with Gasteiger partial charge in [0.05, 0.1) is 25.5 Å². The lowest BCUT2D eigenvalue weighted by molar-refractivity contribution is -0.144. The molecule has 0 unspecified atom stereocenters. The van der Waals surface area contributed by atoms with Crippen LogP contribution in [-0.2, 0) is 14.3 Å². The fourth-order valence-electron chi connectivity index (χ4n) is 1.69. The number of ether oxygens (including phenoxy) is 2. The van der Waals surface area contributed by atoms with Crippen LogP contribution >= 0.6 is 0 Å². The van der Waals surface area contributed by atoms with Crippen molar-refractivity contribution in [3.05, 3.63) is 30.1 Å². The van der Waals surface area contributed by atoms with Crippen molar-refractivity contribution in [2.75, 3.05) is 31.8 Å². The normalized spacial score (nSPS) is 20.0. The summed E-state index contributed by atoms with van der Waals surface area (Å²) in [5, 5.41) is 0. The second kappa shape index (κ2) is 5.25. The van der Waals surface area contributed by atoms with Crippen molar-refractivity contribution < 1.29 is 18.7 Å². The Morgan fingerprint density at radius 1 is 1.41 bits per heavy atom. The Morgan fingerprint density at radius 2 is 2.18 bits per heavy atom. The summed E-state index contributed by atoms with van der Waals surface area (Å²) in [5.74, 6) is -0.727. The summed E-state index contributed by atoms with van der Waals surface area (Å²) in [7, 11) is 1.53. The van der Waals surface area contributed by atoms with Gasteiger partial charge >= 0.3 is 0 Å². The van der Waals surface area contributed by atoms with Crippen LogP contribution < -0.4 is 4.90 Å². The van der Waals surface area contributed by atoms with Gasteiger partial charge in [-0.3, -0.25) is 4.79 Å². The van der Waals surface area contributed by atoms with Crippen molar-refractivity contribution in [2.24, 2.45) is 0 Å². The molecule has 0 aromatic heterocycles. The maximum absolute atomic E-state index is 13.5. The van der Waals surface area contributed by atoms with E-state index in [0.29, 0.717) is 13.2 Å². The quantitative estimate of drug-likeness (QED) is 0.778. The molecule has 0 aliphatic carbocycles. The zero-order valence-electron chi connectivity index (χ0n) is 9.56. The maximum atomic E-state index is 13.5. The van der Waals surface area contributed by atoms with Crippen LogP contribution in [0.2, 0.25) is 0 Å². The molecule has 92 valence electrons. The van der Waals surface area contributed by atoms with Crippen molar-refractivity contribution in [2.45, 2.75) is 6.10 Å². The highest BCUT2D eigenvalue weighted by Crippen LogP contribution is 2.18. The molecule has 0 N–H and O–H groups in total. The van der Waals surface area contributed by atoms with Crippen molar-refractivity contribution in [3.8, 4) is 0 Å². The highest BCUT2D eigenvalue weighted by atomic mass is 19.1. The lowest BCUT2D eigenvalue weighted by Gasteiger charge is -2.26. The van der Waals surface area contributed by atoms with Crippen LogP contribution in [0.25, 0.3) is 0 Å². The summed E-state index contributed by atoms with van der Waals surface area (Å²) in [6.45, 7) is 1.10. The number of anilines is 1. The van der Waals surface area contributed by atoms with Gasteiger partial charge in [-0.05, 0) is 12.1 Å². The third kappa shape index (κ3) is 2.62. The molecule has 1 aromatic rings. The summed E-state index contributed by atoms with van der Waals surface area (Å²) in [6.07, 6.45) is -0.645. The number of halogens is 1. The molecule has 2 rings (SSSR count). The molecule has 1 aliphatic rings. The van der Waals surface area contributed by atoms with E-state index >= 15 is 0 Å². The van der Waals surface area contributed by atoms with E-state index in [1.807, 2.05) is 0 Å². The number of nitrogens with zero attached hydrogens (tertiary/aromatic N) is 1. The van der Waals surface area contributed by atoms with Crippen molar-refractivity contribution in [1.29, 1.82) is 0 Å². The topological polar surface area (TPSA) is 38.8 Å². The average molecular weight is 239 g/mol. The molecule has 0 bridgehead atoms. The maximum Gasteiger partial charge on any atom is 0.258 e. The molecule has 0 saturated carbocycles. The van der Waals surface area contributed by atoms with E-state index in [2.05, 4.69) is 0 Å². The number of benzene rings is 1. The molecule has 4 nitrogen and oxygen atoms in total. The number of likely N-dealkylation sites (N-methyl/N-ethyl adjacent to an activating group) is 1. The van der Waals surface area contributed by atoms with E-state index < -0.39 is 11.9 Å². The Bertz CT molecular complexity index is 404. The number of rotatable bonds is 2. The van der Waals surface area contributed by atoms with Crippen LogP contribution in [0.15, 0.2) is 24.3 Å². The fourth-order valence-corrected chi connectivity index (χ4v) is 1.69. The molecule has 1 fully saturated rings. The minimum absolute atomic E-state index is 0.220. The molecule has 0 spiro atoms. The van der Waals surface area contributed by atoms with Crippen LogP contribution in [0.5, 0.6) is 0 Å². The summed E-state index contributed by atoms with van der Waals surface area (Å²) in [6, 6.07) is 6.13. The van der Waals surface area contributed by atoms with Crippen molar-refractivity contribution in [1.82, 2.24) is 0 Å². The van der Waals surface area contributed by atoms with Gasteiger partial charge in [0.25, 0.3) is 5.91 Å². The summed E-state index contributed by atoms with van der Waals surface area (Å²) in [4.78, 5) is 13.3. The van der Waals surface area contributed by atoms with Crippen LogP contribution in [0.3, 0.4) is 0 Å². The highest BCUT2D eigenvalue weighted by molar-refractivity contribution is 5.96. The van der Waals surface area contributed by atoms with Gasteiger partial charge in [-0.1, -0.05) is 12.1 Å². The highest BCUT2D eigenvalue weighted by Gasteiger charge is 2.27. The second-order valence-electron chi connectivity index (χ2n) is 3.78. The van der Waals surface area contributed by atoms with Gasteiger partial charge in [0.1, 0.15) is 5.82 Å². The largest absolute Gasteiger partial charge is 0.376 e. The Morgan fingerprint density at radius 3 is 2.82 bits per heavy atom. The lowest BCUT2D eigenvalue weighted by Crippen LogP contribution is -2.44. The van der Waals surface area contributed by atoms with Crippen LogP contribution in [0, 0.1) is 5.82 Å². The average Bonchev–Trinajstić information content (AvgIpc) is 2.39. The molecule has 1 atom stereocenters. The minimum atomic E-state index is -0.645. The molecule has 1 saturated heterocycles. The SMILES string of the molecule is CN(C(=O)[C@H]1COCCO1)c1ccccc1F. The van der Waals surface area contributed by atoms with Crippen LogP contribution in [0.4, 0.5) is 10.1 Å². The van der Waals surface area contributed by atoms with Crippen LogP contribution in [0.1, 0.15) is 0 Å². The van der Waals surface area contributed by atoms with Crippen LogP contribution in [-0.4, -0.2) is 38.9 Å². The standard InChI is InChI=1S/C12H14FNO3/c1-14(10-5-3-2-4-9(10)13)12(15)11-8-16-6-7-17-11/h2-5,11H,6-8H2,1H3/t11-/m1/s1. The first-order valence-corrected chi connectivity index (χ1v) is 5.41. The zero-order valence-corrected chi connectivity index (χ0v) is 9.56. The van der Waals surface area contributed by atoms with E-state index in [-0.39, 0.29) is 18.2 Å². The Balaban J connectivity index is 2.11. The molecule has 0 radical (unpaired) electrons. The third-order valence-electron chi connectivity index (χ3n) is 2.64. The van der Waals surface area contributed by atoms with Gasteiger partial charge in [-0.15, -0.1) is 0 Å². The van der Waals surface area contributed by atoms with Gasteiger partial charge in [-0.25, -0.2) is 4.39 Å². The van der Waals surface area contributed by atoms with E-state index in [9.17, 15) is 9.18 Å². The second-order valence-corrected chi connectivity index (χ2v) is 3.78. The molecular formula is C12H14FNO3. The monoisotopic (exact) mass is 239 g/mol. The van der Waals surface area contributed by atoms with Gasteiger partial charge in [0.2, 0.25) is 0 Å². The van der Waals surface area contributed by atoms with Gasteiger partial charge in [0, 0.05) is 7.05 Å². The summed E-state index contributed by atoms with van der Waals surface area (Å²) < 4.78 is 23.9. The fraction of sp³-hybridized carbons (Fsp3) is 0.417. The minimum Gasteiger partial charge on any atom is -0.376 e. The Hall–Kier alpha value is -1.46. The molecule has 1 aliphatic heterocycles. The number of amides is 1. The number of hydrogen-bond donors (Lipinski definition) is 0. The number of carbonyl (C=O) groups is 1. The Kier molecular flexibility index (Phi) is 3.71. The molecule has 5 heteroatoms. The van der Waals surface area contributed by atoms with E-state index in [1.54, 1.807) is 18.2 Å². The molecular weight excluding hydrogens is 225 g/mol. The first-order chi connectivity index (χ1) is 8.20. The molecule has 1 aromatic carbocycles. The predicted octanol–water partition coefficient (Wildman–Crippen LogP) is 1.20. The predicted molar refractivity (Wildman–Crippen MR) is 60.4 cm³/mol. The molecule has 1 heterocycles. The Labute approximate surface area is 98.9 Å². The number of carbonyl (C=O) groups excluding carboxylic acids is 1.